The van der Waals surface area contributed by atoms with Crippen LogP contribution in [0.25, 0.3) is 0 Å². The average Bonchev–Trinajstić information content (AvgIpc) is 2.64. The van der Waals surface area contributed by atoms with Gasteiger partial charge in [-0.15, -0.1) is 24.0 Å². The average molecular weight is 340 g/mol. The van der Waals surface area contributed by atoms with Crippen LogP contribution in [-0.4, -0.2) is 42.9 Å². The topological polar surface area (TPSA) is 70.7 Å². The van der Waals surface area contributed by atoms with Gasteiger partial charge in [-0.05, 0) is 6.42 Å². The number of hydrogen-bond donors (Lipinski definition) is 2. The number of hydrogen-bond acceptors (Lipinski definition) is 2. The van der Waals surface area contributed by atoms with Gasteiger partial charge in [-0.25, -0.2) is 0 Å². The molecule has 0 aliphatic carbocycles. The maximum atomic E-state index is 11.7. The number of likely N-dealkylation sites (tertiary alicyclic amines) is 1. The predicted octanol–water partition coefficient (Wildman–Crippen LogP) is 0.395. The van der Waals surface area contributed by atoms with Gasteiger partial charge in [0.25, 0.3) is 0 Å². The number of amides is 1. The van der Waals surface area contributed by atoms with E-state index in [0.717, 1.165) is 19.5 Å². The Morgan fingerprint density at radius 1 is 1.56 bits per heavy atom. The van der Waals surface area contributed by atoms with E-state index in [9.17, 15) is 4.79 Å². The second-order valence-corrected chi connectivity index (χ2v) is 4.18. The van der Waals surface area contributed by atoms with Gasteiger partial charge in [-0.1, -0.05) is 13.8 Å². The highest BCUT2D eigenvalue weighted by Gasteiger charge is 2.27. The van der Waals surface area contributed by atoms with Gasteiger partial charge in [-0.2, -0.15) is 0 Å². The van der Waals surface area contributed by atoms with Gasteiger partial charge in [0.1, 0.15) is 0 Å². The number of aliphatic imine (C=N–C) groups is 1. The van der Waals surface area contributed by atoms with E-state index >= 15 is 0 Å². The van der Waals surface area contributed by atoms with Gasteiger partial charge in [0.05, 0.1) is 0 Å². The molecule has 0 spiro atoms. The maximum absolute atomic E-state index is 11.7. The molecular weight excluding hydrogens is 319 g/mol. The largest absolute Gasteiger partial charge is 0.370 e. The Kier molecular flexibility index (Phi) is 6.70. The lowest BCUT2D eigenvalue weighted by molar-refractivity contribution is -0.133. The van der Waals surface area contributed by atoms with Crippen LogP contribution in [0, 0.1) is 5.92 Å². The predicted molar refractivity (Wildman–Crippen MR) is 75.9 cm³/mol. The van der Waals surface area contributed by atoms with Crippen LogP contribution in [0.1, 0.15) is 20.3 Å². The number of halogens is 1. The van der Waals surface area contributed by atoms with Crippen molar-refractivity contribution in [1.82, 2.24) is 10.2 Å². The van der Waals surface area contributed by atoms with Gasteiger partial charge in [0, 0.05) is 32.1 Å². The molecule has 16 heavy (non-hydrogen) atoms. The van der Waals surface area contributed by atoms with E-state index in [1.54, 1.807) is 7.05 Å². The van der Waals surface area contributed by atoms with E-state index in [2.05, 4.69) is 10.3 Å². The lowest BCUT2D eigenvalue weighted by atomic mass is 10.2. The Bertz CT molecular complexity index is 268. The number of nitrogens with zero attached hydrogens (tertiary/aromatic N) is 2. The van der Waals surface area contributed by atoms with E-state index < -0.39 is 0 Å². The Labute approximate surface area is 114 Å². The summed E-state index contributed by atoms with van der Waals surface area (Å²) in [4.78, 5) is 17.4. The van der Waals surface area contributed by atoms with Crippen molar-refractivity contribution in [1.29, 1.82) is 0 Å². The maximum Gasteiger partial charge on any atom is 0.225 e. The molecule has 1 saturated heterocycles. The fraction of sp³-hybridized carbons (Fsp3) is 0.800. The van der Waals surface area contributed by atoms with Crippen LogP contribution in [0.3, 0.4) is 0 Å². The standard InChI is InChI=1S/C10H20N4O.HI/c1-7(2)9(15)14-5-4-8(6-14)13-10(11)12-3;/h7-8H,4-6H2,1-3H3,(H3,11,12,13);1H. The first-order valence-corrected chi connectivity index (χ1v) is 5.32. The van der Waals surface area contributed by atoms with E-state index in [1.807, 2.05) is 18.7 Å². The Morgan fingerprint density at radius 2 is 2.19 bits per heavy atom. The Balaban J connectivity index is 0.00000225. The molecule has 94 valence electrons. The fourth-order valence-corrected chi connectivity index (χ4v) is 1.72. The van der Waals surface area contributed by atoms with Crippen molar-refractivity contribution in [2.45, 2.75) is 26.3 Å². The number of rotatable bonds is 2. The lowest BCUT2D eigenvalue weighted by Gasteiger charge is -2.19. The molecule has 1 rings (SSSR count). The molecule has 0 bridgehead atoms. The van der Waals surface area contributed by atoms with E-state index in [-0.39, 0.29) is 41.8 Å². The Morgan fingerprint density at radius 3 is 2.69 bits per heavy atom. The van der Waals surface area contributed by atoms with Crippen LogP contribution < -0.4 is 11.1 Å². The molecule has 1 atom stereocenters. The van der Waals surface area contributed by atoms with Crippen LogP contribution in [0.4, 0.5) is 0 Å². The molecule has 0 saturated carbocycles. The zero-order chi connectivity index (χ0) is 11.4. The molecule has 3 N–H and O–H groups in total. The first-order chi connectivity index (χ1) is 7.04. The van der Waals surface area contributed by atoms with Crippen LogP contribution in [0.15, 0.2) is 4.99 Å². The summed E-state index contributed by atoms with van der Waals surface area (Å²) in [6.45, 7) is 5.38. The molecule has 0 aromatic rings. The minimum absolute atomic E-state index is 0. The smallest absolute Gasteiger partial charge is 0.225 e. The minimum atomic E-state index is 0. The van der Waals surface area contributed by atoms with Gasteiger partial charge >= 0.3 is 0 Å². The molecule has 0 radical (unpaired) electrons. The van der Waals surface area contributed by atoms with Crippen molar-refractivity contribution >= 4 is 35.8 Å². The fourth-order valence-electron chi connectivity index (χ4n) is 1.72. The van der Waals surface area contributed by atoms with E-state index in [4.69, 9.17) is 5.73 Å². The highest BCUT2D eigenvalue weighted by molar-refractivity contribution is 14.0. The molecule has 6 heteroatoms. The zero-order valence-electron chi connectivity index (χ0n) is 10.1. The first kappa shape index (κ1) is 15.5. The molecule has 0 aromatic carbocycles. The molecule has 5 nitrogen and oxygen atoms in total. The Hall–Kier alpha value is -0.530. The van der Waals surface area contributed by atoms with E-state index in [0.29, 0.717) is 5.96 Å². The number of nitrogens with two attached hydrogens (primary N) is 1. The molecule has 1 aliphatic rings. The summed E-state index contributed by atoms with van der Waals surface area (Å²) in [5.41, 5.74) is 5.57. The summed E-state index contributed by atoms with van der Waals surface area (Å²) in [5.74, 6) is 0.728. The summed E-state index contributed by atoms with van der Waals surface area (Å²) in [5, 5.41) is 3.09. The molecule has 1 unspecified atom stereocenters. The monoisotopic (exact) mass is 340 g/mol. The van der Waals surface area contributed by atoms with Gasteiger partial charge in [0.15, 0.2) is 5.96 Å². The summed E-state index contributed by atoms with van der Waals surface area (Å²) in [6.07, 6.45) is 0.939. The summed E-state index contributed by atoms with van der Waals surface area (Å²) in [6, 6.07) is 0.247. The normalized spacial score (nSPS) is 20.9. The summed E-state index contributed by atoms with van der Waals surface area (Å²) >= 11 is 0. The van der Waals surface area contributed by atoms with Crippen molar-refractivity contribution in [2.24, 2.45) is 16.6 Å². The SMILES string of the molecule is CN=C(N)NC1CCN(C(=O)C(C)C)C1.I. The number of guanidine groups is 1. The summed E-state index contributed by atoms with van der Waals surface area (Å²) < 4.78 is 0. The van der Waals surface area contributed by atoms with Crippen LogP contribution >= 0.6 is 24.0 Å². The van der Waals surface area contributed by atoms with Crippen molar-refractivity contribution < 1.29 is 4.79 Å². The van der Waals surface area contributed by atoms with Crippen molar-refractivity contribution in [3.63, 3.8) is 0 Å². The third-order valence-corrected chi connectivity index (χ3v) is 2.59. The van der Waals surface area contributed by atoms with Crippen LogP contribution in [0.5, 0.6) is 0 Å². The third-order valence-electron chi connectivity index (χ3n) is 2.59. The summed E-state index contributed by atoms with van der Waals surface area (Å²) in [7, 11) is 1.65. The van der Waals surface area contributed by atoms with Crippen molar-refractivity contribution in [2.75, 3.05) is 20.1 Å². The molecule has 1 amide bonds. The second kappa shape index (κ2) is 6.93. The highest BCUT2D eigenvalue weighted by atomic mass is 127. The quantitative estimate of drug-likeness (QED) is 0.434. The highest BCUT2D eigenvalue weighted by Crippen LogP contribution is 2.12. The van der Waals surface area contributed by atoms with Crippen LogP contribution in [0.2, 0.25) is 0 Å². The molecule has 0 aromatic heterocycles. The number of nitrogens with one attached hydrogen (secondary N) is 1. The first-order valence-electron chi connectivity index (χ1n) is 5.32. The van der Waals surface area contributed by atoms with Crippen molar-refractivity contribution in [3.05, 3.63) is 0 Å². The molecular formula is C10H21IN4O. The van der Waals surface area contributed by atoms with E-state index in [1.165, 1.54) is 0 Å². The van der Waals surface area contributed by atoms with Gasteiger partial charge < -0.3 is 16.0 Å². The third kappa shape index (κ3) is 4.15. The second-order valence-electron chi connectivity index (χ2n) is 4.18. The molecule has 1 aliphatic heterocycles. The van der Waals surface area contributed by atoms with Crippen LogP contribution in [-0.2, 0) is 4.79 Å². The van der Waals surface area contributed by atoms with Crippen molar-refractivity contribution in [3.8, 4) is 0 Å². The number of carbonyl (C=O) groups excluding carboxylic acids is 1. The molecule has 1 fully saturated rings. The molecule has 1 heterocycles. The lowest BCUT2D eigenvalue weighted by Crippen LogP contribution is -2.42. The van der Waals surface area contributed by atoms with Gasteiger partial charge in [0.2, 0.25) is 5.91 Å². The minimum Gasteiger partial charge on any atom is -0.370 e. The number of carbonyl (C=O) groups is 1. The zero-order valence-corrected chi connectivity index (χ0v) is 12.4. The van der Waals surface area contributed by atoms with Gasteiger partial charge in [-0.3, -0.25) is 9.79 Å².